The third kappa shape index (κ3) is 3.84. The number of benzene rings is 2. The van der Waals surface area contributed by atoms with Crippen LogP contribution in [-0.2, 0) is 13.7 Å². The summed E-state index contributed by atoms with van der Waals surface area (Å²) in [6.07, 6.45) is 1.69. The summed E-state index contributed by atoms with van der Waals surface area (Å²) in [4.78, 5) is 16.7. The molecule has 4 rings (SSSR count). The highest BCUT2D eigenvalue weighted by Gasteiger charge is 2.15. The molecule has 0 saturated heterocycles. The van der Waals surface area contributed by atoms with Crippen LogP contribution in [0.5, 0.6) is 5.75 Å². The van der Waals surface area contributed by atoms with Crippen LogP contribution in [0.3, 0.4) is 0 Å². The molecule has 0 amide bonds. The van der Waals surface area contributed by atoms with Crippen molar-refractivity contribution in [2.24, 2.45) is 7.05 Å². The van der Waals surface area contributed by atoms with Gasteiger partial charge in [0, 0.05) is 23.8 Å². The number of aryl methyl sites for hydroxylation is 3. The monoisotopic (exact) mass is 421 g/mol. The molecule has 0 unspecified atom stereocenters. The van der Waals surface area contributed by atoms with E-state index in [2.05, 4.69) is 21.5 Å². The number of hydrogen-bond donors (Lipinski definition) is 0. The fraction of sp³-hybridized carbons (Fsp3) is 0.182. The minimum absolute atomic E-state index is 0.333. The lowest BCUT2D eigenvalue weighted by Gasteiger charge is -2.15. The standard InChI is InChI=1S/C22H20ClN5O2/c1-14-5-4-6-20(28-22(29)27(3)25-26-28)21(14)30-13-17-8-7-16(11-15(17)2)19-12-18(23)9-10-24-19/h4-12H,13H2,1-3H3. The van der Waals surface area contributed by atoms with E-state index in [9.17, 15) is 4.79 Å². The maximum Gasteiger partial charge on any atom is 0.368 e. The molecule has 0 aliphatic rings. The molecule has 8 heteroatoms. The Kier molecular flexibility index (Phi) is 5.37. The van der Waals surface area contributed by atoms with Gasteiger partial charge in [0.2, 0.25) is 0 Å². The number of ether oxygens (including phenoxy) is 1. The van der Waals surface area contributed by atoms with Gasteiger partial charge in [-0.15, -0.1) is 0 Å². The van der Waals surface area contributed by atoms with Crippen LogP contribution in [0, 0.1) is 13.8 Å². The summed E-state index contributed by atoms with van der Waals surface area (Å²) in [6.45, 7) is 4.31. The molecule has 0 aliphatic heterocycles. The molecule has 0 N–H and O–H groups in total. The van der Waals surface area contributed by atoms with Crippen molar-refractivity contribution in [1.82, 2.24) is 24.8 Å². The first-order valence-electron chi connectivity index (χ1n) is 9.37. The Labute approximate surface area is 178 Å². The molecule has 0 fully saturated rings. The van der Waals surface area contributed by atoms with Crippen molar-refractivity contribution in [2.75, 3.05) is 0 Å². The van der Waals surface area contributed by atoms with Crippen molar-refractivity contribution in [1.29, 1.82) is 0 Å². The van der Waals surface area contributed by atoms with Gasteiger partial charge in [-0.1, -0.05) is 35.9 Å². The van der Waals surface area contributed by atoms with E-state index in [1.807, 2.05) is 44.2 Å². The first kappa shape index (κ1) is 19.8. The van der Waals surface area contributed by atoms with Crippen LogP contribution in [-0.4, -0.2) is 24.8 Å². The number of rotatable bonds is 5. The van der Waals surface area contributed by atoms with Gasteiger partial charge in [-0.05, 0) is 65.2 Å². The van der Waals surface area contributed by atoms with Crippen molar-refractivity contribution in [3.8, 4) is 22.7 Å². The highest BCUT2D eigenvalue weighted by molar-refractivity contribution is 6.30. The second kappa shape index (κ2) is 8.12. The van der Waals surface area contributed by atoms with Gasteiger partial charge in [0.15, 0.2) is 0 Å². The molecule has 0 saturated carbocycles. The van der Waals surface area contributed by atoms with Crippen molar-refractivity contribution < 1.29 is 4.74 Å². The number of nitrogens with zero attached hydrogens (tertiary/aromatic N) is 5. The quantitative estimate of drug-likeness (QED) is 0.489. The lowest BCUT2D eigenvalue weighted by Crippen LogP contribution is -2.22. The number of tetrazole rings is 1. The van der Waals surface area contributed by atoms with E-state index in [0.717, 1.165) is 27.9 Å². The smallest absolute Gasteiger partial charge is 0.368 e. The zero-order valence-electron chi connectivity index (χ0n) is 16.8. The number of hydrogen-bond acceptors (Lipinski definition) is 5. The van der Waals surface area contributed by atoms with Crippen LogP contribution in [0.2, 0.25) is 5.02 Å². The molecule has 0 bridgehead atoms. The summed E-state index contributed by atoms with van der Waals surface area (Å²) in [5.74, 6) is 0.597. The second-order valence-electron chi connectivity index (χ2n) is 7.01. The zero-order valence-corrected chi connectivity index (χ0v) is 17.6. The molecule has 2 heterocycles. The topological polar surface area (TPSA) is 74.8 Å². The van der Waals surface area contributed by atoms with E-state index < -0.39 is 0 Å². The van der Waals surface area contributed by atoms with Crippen molar-refractivity contribution in [2.45, 2.75) is 20.5 Å². The van der Waals surface area contributed by atoms with Crippen LogP contribution in [0.4, 0.5) is 0 Å². The fourth-order valence-electron chi connectivity index (χ4n) is 3.19. The van der Waals surface area contributed by atoms with Gasteiger partial charge in [0.05, 0.1) is 5.69 Å². The Hall–Kier alpha value is -3.45. The van der Waals surface area contributed by atoms with E-state index in [1.165, 1.54) is 9.36 Å². The third-order valence-corrected chi connectivity index (χ3v) is 5.11. The van der Waals surface area contributed by atoms with Crippen LogP contribution >= 0.6 is 11.6 Å². The van der Waals surface area contributed by atoms with Crippen LogP contribution in [0.25, 0.3) is 16.9 Å². The molecular formula is C22H20ClN5O2. The summed E-state index contributed by atoms with van der Waals surface area (Å²) in [5.41, 5.74) is 5.04. The normalized spacial score (nSPS) is 10.9. The largest absolute Gasteiger partial charge is 0.486 e. The molecule has 152 valence electrons. The maximum absolute atomic E-state index is 12.3. The molecule has 2 aromatic heterocycles. The molecular weight excluding hydrogens is 402 g/mol. The van der Waals surface area contributed by atoms with E-state index in [4.69, 9.17) is 16.3 Å². The Morgan fingerprint density at radius 3 is 2.57 bits per heavy atom. The number of pyridine rings is 1. The predicted octanol–water partition coefficient (Wildman–Crippen LogP) is 3.88. The molecule has 0 radical (unpaired) electrons. The number of para-hydroxylation sites is 1. The Balaban J connectivity index is 1.61. The van der Waals surface area contributed by atoms with Gasteiger partial charge in [-0.25, -0.2) is 4.79 Å². The van der Waals surface area contributed by atoms with Crippen LogP contribution in [0.15, 0.2) is 59.5 Å². The van der Waals surface area contributed by atoms with Crippen LogP contribution in [0.1, 0.15) is 16.7 Å². The summed E-state index contributed by atoms with van der Waals surface area (Å²) in [6, 6.07) is 15.2. The molecule has 7 nitrogen and oxygen atoms in total. The summed E-state index contributed by atoms with van der Waals surface area (Å²) in [7, 11) is 1.56. The third-order valence-electron chi connectivity index (χ3n) is 4.87. The lowest BCUT2D eigenvalue weighted by atomic mass is 10.0. The van der Waals surface area contributed by atoms with E-state index in [-0.39, 0.29) is 5.69 Å². The summed E-state index contributed by atoms with van der Waals surface area (Å²) >= 11 is 6.08. The molecule has 4 aromatic rings. The molecule has 2 aromatic carbocycles. The Morgan fingerprint density at radius 2 is 1.87 bits per heavy atom. The van der Waals surface area contributed by atoms with Crippen LogP contribution < -0.4 is 10.4 Å². The second-order valence-corrected chi connectivity index (χ2v) is 7.45. The first-order valence-corrected chi connectivity index (χ1v) is 9.75. The van der Waals surface area contributed by atoms with Crippen molar-refractivity contribution in [3.63, 3.8) is 0 Å². The zero-order chi connectivity index (χ0) is 21.3. The van der Waals surface area contributed by atoms with Gasteiger partial charge in [-0.3, -0.25) is 4.98 Å². The highest BCUT2D eigenvalue weighted by atomic mass is 35.5. The average Bonchev–Trinajstić information content (AvgIpc) is 3.06. The van der Waals surface area contributed by atoms with E-state index in [0.29, 0.717) is 23.1 Å². The van der Waals surface area contributed by atoms with E-state index in [1.54, 1.807) is 25.4 Å². The molecule has 0 atom stereocenters. The van der Waals surface area contributed by atoms with Crippen molar-refractivity contribution in [3.05, 3.63) is 86.9 Å². The van der Waals surface area contributed by atoms with Gasteiger partial charge >= 0.3 is 5.69 Å². The fourth-order valence-corrected chi connectivity index (χ4v) is 3.35. The van der Waals surface area contributed by atoms with E-state index >= 15 is 0 Å². The highest BCUT2D eigenvalue weighted by Crippen LogP contribution is 2.28. The first-order chi connectivity index (χ1) is 14.4. The van der Waals surface area contributed by atoms with Gasteiger partial charge in [0.25, 0.3) is 0 Å². The lowest BCUT2D eigenvalue weighted by molar-refractivity contribution is 0.301. The SMILES string of the molecule is Cc1cc(-c2cc(Cl)ccn2)ccc1COc1c(C)cccc1-n1nnn(C)c1=O. The number of halogens is 1. The minimum Gasteiger partial charge on any atom is -0.486 e. The Bertz CT molecular complexity index is 1280. The Morgan fingerprint density at radius 1 is 1.03 bits per heavy atom. The minimum atomic E-state index is -0.333. The van der Waals surface area contributed by atoms with Gasteiger partial charge < -0.3 is 4.74 Å². The maximum atomic E-state index is 12.3. The summed E-state index contributed by atoms with van der Waals surface area (Å²) < 4.78 is 8.56. The van der Waals surface area contributed by atoms with Gasteiger partial charge in [-0.2, -0.15) is 9.36 Å². The molecule has 30 heavy (non-hydrogen) atoms. The average molecular weight is 422 g/mol. The predicted molar refractivity (Wildman–Crippen MR) is 115 cm³/mol. The van der Waals surface area contributed by atoms with Gasteiger partial charge in [0.1, 0.15) is 18.0 Å². The summed E-state index contributed by atoms with van der Waals surface area (Å²) in [5, 5.41) is 8.37. The van der Waals surface area contributed by atoms with Crippen molar-refractivity contribution >= 4 is 11.6 Å². The number of aromatic nitrogens is 5. The molecule has 0 aliphatic carbocycles. The molecule has 0 spiro atoms.